The molecule has 0 unspecified atom stereocenters. The smallest absolute Gasteiger partial charge is 0.343 e. The molecule has 0 spiro atoms. The van der Waals surface area contributed by atoms with Crippen LogP contribution in [0, 0.1) is 17.1 Å². The average molecular weight is 398 g/mol. The van der Waals surface area contributed by atoms with Crippen LogP contribution in [-0.4, -0.2) is 18.5 Å². The zero-order valence-corrected chi connectivity index (χ0v) is 16.2. The Balaban J connectivity index is 1.92. The van der Waals surface area contributed by atoms with Crippen molar-refractivity contribution in [1.29, 1.82) is 5.26 Å². The molecule has 144 valence electrons. The van der Waals surface area contributed by atoms with Gasteiger partial charge in [-0.25, -0.2) is 9.18 Å². The van der Waals surface area contributed by atoms with Crippen LogP contribution < -0.4 is 5.32 Å². The van der Waals surface area contributed by atoms with Crippen LogP contribution in [0.15, 0.2) is 29.8 Å². The van der Waals surface area contributed by atoms with Gasteiger partial charge in [-0.15, -0.1) is 11.3 Å². The number of hydrogen-bond acceptors (Lipinski definition) is 5. The number of anilines is 1. The number of esters is 1. The molecule has 1 heterocycles. The quantitative estimate of drug-likeness (QED) is 0.354. The number of aryl methyl sites for hydroxylation is 1. The topological polar surface area (TPSA) is 79.2 Å². The summed E-state index contributed by atoms with van der Waals surface area (Å²) in [5, 5.41) is 12.7. The number of benzene rings is 1. The van der Waals surface area contributed by atoms with E-state index >= 15 is 0 Å². The third kappa shape index (κ3) is 4.29. The average Bonchev–Trinajstić information content (AvgIpc) is 3.04. The Morgan fingerprint density at radius 1 is 1.29 bits per heavy atom. The molecule has 7 heteroatoms. The van der Waals surface area contributed by atoms with Crippen molar-refractivity contribution in [1.82, 2.24) is 0 Å². The summed E-state index contributed by atoms with van der Waals surface area (Å²) in [6.07, 6.45) is 5.14. The number of carbonyl (C=O) groups excluding carboxylic acids is 2. The molecule has 2 aromatic rings. The monoisotopic (exact) mass is 398 g/mol. The second-order valence-electron chi connectivity index (χ2n) is 6.31. The van der Waals surface area contributed by atoms with E-state index in [-0.39, 0.29) is 12.2 Å². The van der Waals surface area contributed by atoms with Crippen molar-refractivity contribution in [2.45, 2.75) is 32.6 Å². The van der Waals surface area contributed by atoms with Gasteiger partial charge in [0, 0.05) is 4.88 Å². The van der Waals surface area contributed by atoms with Crippen molar-refractivity contribution >= 4 is 34.3 Å². The Morgan fingerprint density at radius 3 is 2.68 bits per heavy atom. The second kappa shape index (κ2) is 8.81. The van der Waals surface area contributed by atoms with Gasteiger partial charge in [-0.2, -0.15) is 5.26 Å². The Bertz CT molecular complexity index is 971. The van der Waals surface area contributed by atoms with E-state index < -0.39 is 17.7 Å². The first-order valence-electron chi connectivity index (χ1n) is 9.03. The number of ether oxygens (including phenoxy) is 1. The highest BCUT2D eigenvalue weighted by Crippen LogP contribution is 2.37. The number of hydrogen-bond donors (Lipinski definition) is 1. The molecule has 1 N–H and O–H groups in total. The Morgan fingerprint density at radius 2 is 2.00 bits per heavy atom. The van der Waals surface area contributed by atoms with Crippen molar-refractivity contribution in [3.05, 3.63) is 57.2 Å². The van der Waals surface area contributed by atoms with Crippen LogP contribution in [0.25, 0.3) is 6.08 Å². The van der Waals surface area contributed by atoms with Crippen molar-refractivity contribution < 1.29 is 18.7 Å². The van der Waals surface area contributed by atoms with E-state index in [1.165, 1.54) is 41.7 Å². The van der Waals surface area contributed by atoms with E-state index in [0.29, 0.717) is 16.1 Å². The first-order valence-corrected chi connectivity index (χ1v) is 9.85. The van der Waals surface area contributed by atoms with E-state index in [2.05, 4.69) is 11.4 Å². The van der Waals surface area contributed by atoms with Gasteiger partial charge in [0.15, 0.2) is 0 Å². The van der Waals surface area contributed by atoms with E-state index in [4.69, 9.17) is 4.74 Å². The molecular formula is C21H19FN2O3S. The zero-order chi connectivity index (χ0) is 20.1. The highest BCUT2D eigenvalue weighted by molar-refractivity contribution is 7.16. The number of nitrogens with zero attached hydrogens (tertiary/aromatic N) is 1. The maximum absolute atomic E-state index is 13.1. The fraction of sp³-hybridized carbons (Fsp3) is 0.286. The summed E-state index contributed by atoms with van der Waals surface area (Å²) in [7, 11) is 0. The molecule has 1 aliphatic carbocycles. The molecule has 1 aliphatic rings. The van der Waals surface area contributed by atoms with E-state index in [0.717, 1.165) is 36.1 Å². The lowest BCUT2D eigenvalue weighted by atomic mass is 9.96. The fourth-order valence-corrected chi connectivity index (χ4v) is 4.33. The fourth-order valence-electron chi connectivity index (χ4n) is 3.09. The van der Waals surface area contributed by atoms with Gasteiger partial charge in [-0.1, -0.05) is 12.1 Å². The van der Waals surface area contributed by atoms with Crippen molar-refractivity contribution in [3.63, 3.8) is 0 Å². The van der Waals surface area contributed by atoms with Gasteiger partial charge in [0.1, 0.15) is 22.5 Å². The molecule has 0 bridgehead atoms. The summed E-state index contributed by atoms with van der Waals surface area (Å²) in [6.45, 7) is 1.76. The molecule has 3 rings (SSSR count). The molecule has 5 nitrogen and oxygen atoms in total. The van der Waals surface area contributed by atoms with Crippen LogP contribution in [0.5, 0.6) is 0 Å². The standard InChI is InChI=1S/C21H19FN2O3S/c1-2-27-21(26)16(11-13-7-9-14(22)10-8-13)19(25)24-20-17(12-23)15-5-3-4-6-18(15)28-20/h7-11H,2-6H2,1H3,(H,24,25)/b16-11-. The minimum Gasteiger partial charge on any atom is -0.462 e. The molecule has 0 fully saturated rings. The summed E-state index contributed by atoms with van der Waals surface area (Å²) in [5.74, 6) is -1.84. The second-order valence-corrected chi connectivity index (χ2v) is 7.42. The van der Waals surface area contributed by atoms with Crippen LogP contribution in [0.4, 0.5) is 9.39 Å². The highest BCUT2D eigenvalue weighted by Gasteiger charge is 2.25. The molecular weight excluding hydrogens is 379 g/mol. The SMILES string of the molecule is CCOC(=O)/C(=C\c1ccc(F)cc1)C(=O)Nc1sc2c(c1C#N)CCCC2. The number of amides is 1. The predicted octanol–water partition coefficient (Wildman–Crippen LogP) is 4.22. The summed E-state index contributed by atoms with van der Waals surface area (Å²) < 4.78 is 18.1. The van der Waals surface area contributed by atoms with Gasteiger partial charge in [0.2, 0.25) is 0 Å². The Labute approximate surface area is 166 Å². The van der Waals surface area contributed by atoms with Gasteiger partial charge in [-0.05, 0) is 61.9 Å². The van der Waals surface area contributed by atoms with Gasteiger partial charge in [-0.3, -0.25) is 4.79 Å². The molecule has 0 radical (unpaired) electrons. The first-order chi connectivity index (χ1) is 13.5. The Hall–Kier alpha value is -2.98. The lowest BCUT2D eigenvalue weighted by Gasteiger charge is -2.09. The molecule has 1 aromatic carbocycles. The molecule has 28 heavy (non-hydrogen) atoms. The Kier molecular flexibility index (Phi) is 6.22. The number of rotatable bonds is 5. The van der Waals surface area contributed by atoms with Crippen LogP contribution in [-0.2, 0) is 27.2 Å². The molecule has 0 saturated carbocycles. The largest absolute Gasteiger partial charge is 0.462 e. The molecule has 0 saturated heterocycles. The van der Waals surface area contributed by atoms with Gasteiger partial charge in [0.25, 0.3) is 5.91 Å². The number of thiophene rings is 1. The van der Waals surface area contributed by atoms with Gasteiger partial charge < -0.3 is 10.1 Å². The summed E-state index contributed by atoms with van der Waals surface area (Å²) in [5.41, 5.74) is 1.75. The zero-order valence-electron chi connectivity index (χ0n) is 15.4. The van der Waals surface area contributed by atoms with Crippen LogP contribution in [0.3, 0.4) is 0 Å². The van der Waals surface area contributed by atoms with Crippen molar-refractivity contribution in [2.75, 3.05) is 11.9 Å². The third-order valence-corrected chi connectivity index (χ3v) is 5.64. The van der Waals surface area contributed by atoms with Crippen LogP contribution in [0.2, 0.25) is 0 Å². The maximum Gasteiger partial charge on any atom is 0.343 e. The number of halogens is 1. The minimum atomic E-state index is -0.774. The van der Waals surface area contributed by atoms with Crippen molar-refractivity contribution in [2.24, 2.45) is 0 Å². The first kappa shape index (κ1) is 19.8. The molecule has 0 atom stereocenters. The molecule has 1 aromatic heterocycles. The predicted molar refractivity (Wildman–Crippen MR) is 105 cm³/mol. The summed E-state index contributed by atoms with van der Waals surface area (Å²) in [4.78, 5) is 26.2. The molecule has 1 amide bonds. The minimum absolute atomic E-state index is 0.115. The van der Waals surface area contributed by atoms with Gasteiger partial charge >= 0.3 is 5.97 Å². The van der Waals surface area contributed by atoms with E-state index in [9.17, 15) is 19.2 Å². The van der Waals surface area contributed by atoms with Crippen molar-refractivity contribution in [3.8, 4) is 6.07 Å². The normalized spacial score (nSPS) is 13.4. The highest BCUT2D eigenvalue weighted by atomic mass is 32.1. The summed E-state index contributed by atoms with van der Waals surface area (Å²) >= 11 is 1.38. The summed E-state index contributed by atoms with van der Waals surface area (Å²) in [6, 6.07) is 7.59. The number of nitrogens with one attached hydrogen (secondary N) is 1. The van der Waals surface area contributed by atoms with Gasteiger partial charge in [0.05, 0.1) is 12.2 Å². The lowest BCUT2D eigenvalue weighted by molar-refractivity contribution is -0.139. The van der Waals surface area contributed by atoms with Crippen LogP contribution in [0.1, 0.15) is 41.3 Å². The lowest BCUT2D eigenvalue weighted by Crippen LogP contribution is -2.22. The number of carbonyl (C=O) groups is 2. The molecule has 0 aliphatic heterocycles. The van der Waals surface area contributed by atoms with E-state index in [1.807, 2.05) is 0 Å². The number of fused-ring (bicyclic) bond motifs is 1. The van der Waals surface area contributed by atoms with E-state index in [1.54, 1.807) is 6.92 Å². The maximum atomic E-state index is 13.1. The third-order valence-electron chi connectivity index (χ3n) is 4.43. The number of nitriles is 1. The van der Waals surface area contributed by atoms with Crippen LogP contribution >= 0.6 is 11.3 Å².